The monoisotopic (exact) mass is 288 g/mol. The van der Waals surface area contributed by atoms with Crippen LogP contribution >= 0.6 is 0 Å². The molecule has 0 saturated carbocycles. The lowest BCUT2D eigenvalue weighted by molar-refractivity contribution is 0.602. The summed E-state index contributed by atoms with van der Waals surface area (Å²) < 4.78 is 22.6. The van der Waals surface area contributed by atoms with E-state index in [0.717, 1.165) is 11.3 Å². The molecule has 0 saturated heterocycles. The summed E-state index contributed by atoms with van der Waals surface area (Å²) in [5.74, 6) is 0. The van der Waals surface area contributed by atoms with Gasteiger partial charge in [-0.1, -0.05) is 29.8 Å². The summed E-state index contributed by atoms with van der Waals surface area (Å²) in [7, 11) is -3.15. The molecule has 4 nitrogen and oxygen atoms in total. The van der Waals surface area contributed by atoms with Gasteiger partial charge in [-0.25, -0.2) is 8.42 Å². The van der Waals surface area contributed by atoms with Gasteiger partial charge in [-0.15, -0.1) is 0 Å². The Bertz CT molecular complexity index is 703. The molecule has 0 radical (unpaired) electrons. The van der Waals surface area contributed by atoms with Gasteiger partial charge in [0.05, 0.1) is 16.8 Å². The van der Waals surface area contributed by atoms with E-state index in [-0.39, 0.29) is 0 Å². The van der Waals surface area contributed by atoms with Crippen molar-refractivity contribution >= 4 is 21.7 Å². The van der Waals surface area contributed by atoms with Crippen LogP contribution in [0.25, 0.3) is 0 Å². The minimum Gasteiger partial charge on any atom is -0.279 e. The van der Waals surface area contributed by atoms with Crippen LogP contribution in [0.1, 0.15) is 11.1 Å². The van der Waals surface area contributed by atoms with Crippen LogP contribution in [0.5, 0.6) is 0 Å². The van der Waals surface area contributed by atoms with Crippen molar-refractivity contribution in [2.24, 2.45) is 5.10 Å². The van der Waals surface area contributed by atoms with E-state index in [1.807, 2.05) is 31.2 Å². The number of hydrogen-bond acceptors (Lipinski definition) is 4. The number of hydrogen-bond donors (Lipinski definition) is 1. The third-order valence-electron chi connectivity index (χ3n) is 2.77. The highest BCUT2D eigenvalue weighted by atomic mass is 32.2. The van der Waals surface area contributed by atoms with Crippen molar-refractivity contribution < 1.29 is 8.42 Å². The third kappa shape index (κ3) is 3.93. The average molecular weight is 288 g/mol. The first-order valence-electron chi connectivity index (χ1n) is 6.11. The normalized spacial score (nSPS) is 11.7. The molecule has 0 amide bonds. The summed E-state index contributed by atoms with van der Waals surface area (Å²) in [6.07, 6.45) is 2.90. The second kappa shape index (κ2) is 5.88. The van der Waals surface area contributed by atoms with Gasteiger partial charge in [-0.05, 0) is 36.8 Å². The fourth-order valence-corrected chi connectivity index (χ4v) is 2.24. The average Bonchev–Trinajstić information content (AvgIpc) is 2.41. The summed E-state index contributed by atoms with van der Waals surface area (Å²) >= 11 is 0. The first-order chi connectivity index (χ1) is 9.45. The van der Waals surface area contributed by atoms with Gasteiger partial charge in [0, 0.05) is 6.26 Å². The summed E-state index contributed by atoms with van der Waals surface area (Å²) in [4.78, 5) is 0.297. The van der Waals surface area contributed by atoms with E-state index in [0.29, 0.717) is 4.90 Å². The Hall–Kier alpha value is -2.14. The maximum absolute atomic E-state index is 11.3. The number of benzene rings is 2. The molecule has 104 valence electrons. The van der Waals surface area contributed by atoms with Crippen LogP contribution < -0.4 is 5.43 Å². The van der Waals surface area contributed by atoms with E-state index in [1.54, 1.807) is 30.5 Å². The van der Waals surface area contributed by atoms with Gasteiger partial charge in [-0.2, -0.15) is 5.10 Å². The number of rotatable bonds is 4. The zero-order valence-corrected chi connectivity index (χ0v) is 12.2. The fraction of sp³-hybridized carbons (Fsp3) is 0.133. The molecule has 0 unspecified atom stereocenters. The van der Waals surface area contributed by atoms with Crippen LogP contribution in [-0.2, 0) is 9.84 Å². The molecule has 0 spiro atoms. The van der Waals surface area contributed by atoms with Gasteiger partial charge in [0.25, 0.3) is 0 Å². The van der Waals surface area contributed by atoms with Crippen molar-refractivity contribution in [2.75, 3.05) is 11.7 Å². The highest BCUT2D eigenvalue weighted by molar-refractivity contribution is 7.90. The minimum atomic E-state index is -3.15. The minimum absolute atomic E-state index is 0.297. The Balaban J connectivity index is 2.02. The maximum Gasteiger partial charge on any atom is 0.175 e. The fourth-order valence-electron chi connectivity index (χ4n) is 1.61. The highest BCUT2D eigenvalue weighted by Crippen LogP contribution is 2.13. The predicted molar refractivity (Wildman–Crippen MR) is 81.9 cm³/mol. The standard InChI is InChI=1S/C15H16N2O2S/c1-12-3-5-13(6-4-12)11-16-17-14-7-9-15(10-8-14)20(2,18)19/h3-11,17H,1-2H3/b16-11+. The van der Waals surface area contributed by atoms with Gasteiger partial charge < -0.3 is 0 Å². The molecule has 0 fully saturated rings. The van der Waals surface area contributed by atoms with E-state index >= 15 is 0 Å². The first-order valence-corrected chi connectivity index (χ1v) is 8.00. The lowest BCUT2D eigenvalue weighted by Crippen LogP contribution is -1.97. The van der Waals surface area contributed by atoms with E-state index in [9.17, 15) is 8.42 Å². The maximum atomic E-state index is 11.3. The van der Waals surface area contributed by atoms with E-state index in [1.165, 1.54) is 11.8 Å². The second-order valence-electron chi connectivity index (χ2n) is 4.58. The van der Waals surface area contributed by atoms with Gasteiger partial charge >= 0.3 is 0 Å². The number of aryl methyl sites for hydroxylation is 1. The molecule has 0 heterocycles. The first kappa shape index (κ1) is 14.3. The largest absolute Gasteiger partial charge is 0.279 e. The van der Waals surface area contributed by atoms with Crippen molar-refractivity contribution in [3.05, 3.63) is 59.7 Å². The Kier molecular flexibility index (Phi) is 4.20. The van der Waals surface area contributed by atoms with Gasteiger partial charge in [0.15, 0.2) is 9.84 Å². The van der Waals surface area contributed by atoms with Crippen LogP contribution in [0.3, 0.4) is 0 Å². The summed E-state index contributed by atoms with van der Waals surface area (Å²) in [5, 5.41) is 4.11. The van der Waals surface area contributed by atoms with Crippen LogP contribution in [0.4, 0.5) is 5.69 Å². The summed E-state index contributed by atoms with van der Waals surface area (Å²) in [5.41, 5.74) is 5.79. The van der Waals surface area contributed by atoms with Crippen LogP contribution in [0, 0.1) is 6.92 Å². The van der Waals surface area contributed by atoms with Crippen molar-refractivity contribution in [2.45, 2.75) is 11.8 Å². The van der Waals surface area contributed by atoms with Crippen molar-refractivity contribution in [1.82, 2.24) is 0 Å². The molecule has 0 atom stereocenters. The highest BCUT2D eigenvalue weighted by Gasteiger charge is 2.05. The lowest BCUT2D eigenvalue weighted by atomic mass is 10.2. The van der Waals surface area contributed by atoms with Gasteiger partial charge in [-0.3, -0.25) is 5.43 Å². The molecule has 0 aromatic heterocycles. The van der Waals surface area contributed by atoms with Crippen LogP contribution in [0.2, 0.25) is 0 Å². The lowest BCUT2D eigenvalue weighted by Gasteiger charge is -2.02. The van der Waals surface area contributed by atoms with E-state index < -0.39 is 9.84 Å². The Labute approximate surface area is 119 Å². The molecule has 2 aromatic carbocycles. The van der Waals surface area contributed by atoms with Crippen molar-refractivity contribution in [3.63, 3.8) is 0 Å². The van der Waals surface area contributed by atoms with E-state index in [4.69, 9.17) is 0 Å². The molecule has 0 aliphatic carbocycles. The molecule has 5 heteroatoms. The molecule has 0 aliphatic rings. The van der Waals surface area contributed by atoms with Crippen LogP contribution in [0.15, 0.2) is 58.5 Å². The smallest absolute Gasteiger partial charge is 0.175 e. The molecular formula is C15H16N2O2S. The molecular weight excluding hydrogens is 272 g/mol. The Morgan fingerprint density at radius 1 is 1.00 bits per heavy atom. The van der Waals surface area contributed by atoms with Gasteiger partial charge in [0.2, 0.25) is 0 Å². The topological polar surface area (TPSA) is 58.5 Å². The Morgan fingerprint density at radius 3 is 2.15 bits per heavy atom. The number of sulfone groups is 1. The quantitative estimate of drug-likeness (QED) is 0.695. The van der Waals surface area contributed by atoms with Crippen LogP contribution in [-0.4, -0.2) is 20.9 Å². The van der Waals surface area contributed by atoms with Crippen molar-refractivity contribution in [1.29, 1.82) is 0 Å². The third-order valence-corrected chi connectivity index (χ3v) is 3.90. The Morgan fingerprint density at radius 2 is 1.60 bits per heavy atom. The zero-order valence-electron chi connectivity index (χ0n) is 11.4. The molecule has 0 aliphatic heterocycles. The second-order valence-corrected chi connectivity index (χ2v) is 6.59. The van der Waals surface area contributed by atoms with E-state index in [2.05, 4.69) is 10.5 Å². The summed E-state index contributed by atoms with van der Waals surface area (Å²) in [6, 6.07) is 14.5. The van der Waals surface area contributed by atoms with Gasteiger partial charge in [0.1, 0.15) is 0 Å². The SMILES string of the molecule is Cc1ccc(/C=N/Nc2ccc(S(C)(=O)=O)cc2)cc1. The number of nitrogens with zero attached hydrogens (tertiary/aromatic N) is 1. The van der Waals surface area contributed by atoms with Crippen molar-refractivity contribution in [3.8, 4) is 0 Å². The molecule has 20 heavy (non-hydrogen) atoms. The number of anilines is 1. The molecule has 2 rings (SSSR count). The number of hydrazone groups is 1. The molecule has 2 aromatic rings. The summed E-state index contributed by atoms with van der Waals surface area (Å²) in [6.45, 7) is 2.03. The molecule has 1 N–H and O–H groups in total. The molecule has 0 bridgehead atoms. The zero-order chi connectivity index (χ0) is 14.6. The number of nitrogens with one attached hydrogen (secondary N) is 1. The predicted octanol–water partition coefficient (Wildman–Crippen LogP) is 2.84.